The van der Waals surface area contributed by atoms with Crippen molar-refractivity contribution >= 4 is 5.78 Å². The zero-order valence-corrected chi connectivity index (χ0v) is 21.4. The van der Waals surface area contributed by atoms with Gasteiger partial charge in [-0.1, -0.05) is 122 Å². The highest BCUT2D eigenvalue weighted by atomic mass is 16.1. The van der Waals surface area contributed by atoms with Crippen molar-refractivity contribution in [3.8, 4) is 0 Å². The van der Waals surface area contributed by atoms with Crippen molar-refractivity contribution in [1.82, 2.24) is 4.90 Å². The van der Waals surface area contributed by atoms with E-state index in [1.165, 1.54) is 110 Å². The lowest BCUT2D eigenvalue weighted by molar-refractivity contribution is 0.0979. The second kappa shape index (κ2) is 20.4. The van der Waals surface area contributed by atoms with Gasteiger partial charge in [-0.15, -0.1) is 0 Å². The van der Waals surface area contributed by atoms with Crippen LogP contribution < -0.4 is 5.73 Å². The maximum atomic E-state index is 12.2. The fourth-order valence-corrected chi connectivity index (χ4v) is 4.43. The molecule has 3 nitrogen and oxygen atoms in total. The first-order valence-corrected chi connectivity index (χ1v) is 13.8. The first-order valence-electron chi connectivity index (χ1n) is 13.8. The second-order valence-corrected chi connectivity index (χ2v) is 9.40. The molecule has 184 valence electrons. The third-order valence-corrected chi connectivity index (χ3v) is 6.78. The molecule has 0 heterocycles. The topological polar surface area (TPSA) is 46.3 Å². The average molecular weight is 445 g/mol. The van der Waals surface area contributed by atoms with Gasteiger partial charge in [0.25, 0.3) is 0 Å². The largest absolute Gasteiger partial charge is 0.326 e. The molecule has 0 radical (unpaired) electrons. The van der Waals surface area contributed by atoms with E-state index in [2.05, 4.69) is 18.7 Å². The smallest absolute Gasteiger partial charge is 0.162 e. The SMILES string of the molecule is CCN(CC)CCCCCCCCCCCCCCCCCC(=O)c1ccc(CN)cc1. The number of hydrogen-bond donors (Lipinski definition) is 1. The minimum Gasteiger partial charge on any atom is -0.326 e. The Morgan fingerprint density at radius 3 is 1.47 bits per heavy atom. The lowest BCUT2D eigenvalue weighted by Crippen LogP contribution is -2.23. The molecule has 0 amide bonds. The van der Waals surface area contributed by atoms with Crippen molar-refractivity contribution in [2.75, 3.05) is 19.6 Å². The highest BCUT2D eigenvalue weighted by Crippen LogP contribution is 2.15. The van der Waals surface area contributed by atoms with Gasteiger partial charge < -0.3 is 10.6 Å². The molecule has 1 aromatic rings. The summed E-state index contributed by atoms with van der Waals surface area (Å²) in [5, 5.41) is 0. The number of ketones is 1. The Bertz CT molecular complexity index is 551. The molecule has 0 bridgehead atoms. The van der Waals surface area contributed by atoms with Crippen LogP contribution in [0.4, 0.5) is 0 Å². The van der Waals surface area contributed by atoms with E-state index in [4.69, 9.17) is 5.73 Å². The lowest BCUT2D eigenvalue weighted by atomic mass is 10.0. The summed E-state index contributed by atoms with van der Waals surface area (Å²) in [4.78, 5) is 14.7. The summed E-state index contributed by atoms with van der Waals surface area (Å²) in [5.41, 5.74) is 7.52. The monoisotopic (exact) mass is 444 g/mol. The van der Waals surface area contributed by atoms with Gasteiger partial charge in [0.1, 0.15) is 0 Å². The highest BCUT2D eigenvalue weighted by Gasteiger charge is 2.05. The van der Waals surface area contributed by atoms with Crippen LogP contribution in [0.1, 0.15) is 133 Å². The van der Waals surface area contributed by atoms with E-state index in [0.717, 1.165) is 17.5 Å². The molecule has 0 spiro atoms. The molecule has 3 heteroatoms. The van der Waals surface area contributed by atoms with Gasteiger partial charge in [-0.2, -0.15) is 0 Å². The van der Waals surface area contributed by atoms with Crippen molar-refractivity contribution in [1.29, 1.82) is 0 Å². The van der Waals surface area contributed by atoms with Crippen molar-refractivity contribution in [3.63, 3.8) is 0 Å². The Morgan fingerprint density at radius 2 is 1.06 bits per heavy atom. The van der Waals surface area contributed by atoms with Gasteiger partial charge in [0.15, 0.2) is 5.78 Å². The van der Waals surface area contributed by atoms with E-state index in [0.29, 0.717) is 13.0 Å². The number of nitrogens with two attached hydrogens (primary N) is 1. The molecule has 0 aliphatic heterocycles. The first-order chi connectivity index (χ1) is 15.7. The minimum atomic E-state index is 0.271. The van der Waals surface area contributed by atoms with Crippen LogP contribution in [0.3, 0.4) is 0 Å². The molecule has 1 rings (SSSR count). The van der Waals surface area contributed by atoms with Crippen LogP contribution in [0.15, 0.2) is 24.3 Å². The third-order valence-electron chi connectivity index (χ3n) is 6.78. The fourth-order valence-electron chi connectivity index (χ4n) is 4.43. The van der Waals surface area contributed by atoms with Gasteiger partial charge in [0, 0.05) is 18.5 Å². The second-order valence-electron chi connectivity index (χ2n) is 9.40. The van der Waals surface area contributed by atoms with Crippen LogP contribution in [0.25, 0.3) is 0 Å². The molecule has 0 unspecified atom stereocenters. The Kier molecular flexibility index (Phi) is 18.4. The summed E-state index contributed by atoms with van der Waals surface area (Å²) in [6.07, 6.45) is 21.0. The number of nitrogens with zero attached hydrogens (tertiary/aromatic N) is 1. The number of carbonyl (C=O) groups is 1. The maximum Gasteiger partial charge on any atom is 0.162 e. The summed E-state index contributed by atoms with van der Waals surface area (Å²) in [5.74, 6) is 0.271. The fraction of sp³-hybridized carbons (Fsp3) is 0.759. The minimum absolute atomic E-state index is 0.271. The molecule has 0 saturated heterocycles. The number of unbranched alkanes of at least 4 members (excludes halogenated alkanes) is 14. The normalized spacial score (nSPS) is 11.4. The van der Waals surface area contributed by atoms with Gasteiger partial charge in [-0.3, -0.25) is 4.79 Å². The predicted octanol–water partition coefficient (Wildman–Crippen LogP) is 7.91. The molecule has 1 aromatic carbocycles. The zero-order chi connectivity index (χ0) is 23.3. The third kappa shape index (κ3) is 14.8. The zero-order valence-electron chi connectivity index (χ0n) is 21.4. The van der Waals surface area contributed by atoms with E-state index in [-0.39, 0.29) is 5.78 Å². The molecule has 0 saturated carbocycles. The molecule has 2 N–H and O–H groups in total. The lowest BCUT2D eigenvalue weighted by Gasteiger charge is -2.17. The molecular weight excluding hydrogens is 392 g/mol. The number of Topliss-reactive ketones (excluding diaryl/α,β-unsaturated/α-hetero) is 1. The summed E-state index contributed by atoms with van der Waals surface area (Å²) >= 11 is 0. The van der Waals surface area contributed by atoms with Gasteiger partial charge in [0.05, 0.1) is 0 Å². The summed E-state index contributed by atoms with van der Waals surface area (Å²) < 4.78 is 0. The van der Waals surface area contributed by atoms with E-state index < -0.39 is 0 Å². The number of rotatable bonds is 22. The van der Waals surface area contributed by atoms with Crippen LogP contribution in [0, 0.1) is 0 Å². The molecular formula is C29H52N2O. The average Bonchev–Trinajstić information content (AvgIpc) is 2.83. The highest BCUT2D eigenvalue weighted by molar-refractivity contribution is 5.96. The molecule has 32 heavy (non-hydrogen) atoms. The van der Waals surface area contributed by atoms with E-state index in [9.17, 15) is 4.79 Å². The summed E-state index contributed by atoms with van der Waals surface area (Å²) in [6, 6.07) is 7.75. The van der Waals surface area contributed by atoms with Gasteiger partial charge in [-0.25, -0.2) is 0 Å². The predicted molar refractivity (Wildman–Crippen MR) is 140 cm³/mol. The maximum absolute atomic E-state index is 12.2. The first kappa shape index (κ1) is 28.8. The number of hydrogen-bond acceptors (Lipinski definition) is 3. The molecule has 0 fully saturated rings. The van der Waals surface area contributed by atoms with Gasteiger partial charge in [0.2, 0.25) is 0 Å². The van der Waals surface area contributed by atoms with Crippen LogP contribution in [-0.2, 0) is 6.54 Å². The quantitative estimate of drug-likeness (QED) is 0.146. The Morgan fingerprint density at radius 1 is 0.656 bits per heavy atom. The number of carbonyl (C=O) groups excluding carboxylic acids is 1. The van der Waals surface area contributed by atoms with Crippen molar-refractivity contribution in [2.45, 2.75) is 123 Å². The molecule has 0 aliphatic carbocycles. The van der Waals surface area contributed by atoms with E-state index in [1.54, 1.807) is 0 Å². The van der Waals surface area contributed by atoms with Gasteiger partial charge in [-0.05, 0) is 38.0 Å². The van der Waals surface area contributed by atoms with Crippen molar-refractivity contribution in [2.24, 2.45) is 5.73 Å². The van der Waals surface area contributed by atoms with E-state index >= 15 is 0 Å². The molecule has 0 aliphatic rings. The standard InChI is InChI=1S/C29H52N2O/c1-3-31(4-2)25-19-17-15-13-11-9-7-5-6-8-10-12-14-16-18-20-29(32)28-23-21-27(26-30)22-24-28/h21-24H,3-20,25-26,30H2,1-2H3. The summed E-state index contributed by atoms with van der Waals surface area (Å²) in [7, 11) is 0. The van der Waals surface area contributed by atoms with Crippen LogP contribution in [0.5, 0.6) is 0 Å². The van der Waals surface area contributed by atoms with Crippen molar-refractivity contribution < 1.29 is 4.79 Å². The van der Waals surface area contributed by atoms with Gasteiger partial charge >= 0.3 is 0 Å². The van der Waals surface area contributed by atoms with Crippen LogP contribution >= 0.6 is 0 Å². The number of benzene rings is 1. The van der Waals surface area contributed by atoms with Crippen molar-refractivity contribution in [3.05, 3.63) is 35.4 Å². The van der Waals surface area contributed by atoms with Crippen LogP contribution in [-0.4, -0.2) is 30.3 Å². The van der Waals surface area contributed by atoms with E-state index in [1.807, 2.05) is 24.3 Å². The summed E-state index contributed by atoms with van der Waals surface area (Å²) in [6.45, 7) is 8.74. The Labute approximate surface area is 199 Å². The Balaban J connectivity index is 1.80. The van der Waals surface area contributed by atoms with Crippen LogP contribution in [0.2, 0.25) is 0 Å². The molecule has 0 atom stereocenters. The molecule has 0 aromatic heterocycles. The Hall–Kier alpha value is -1.19.